The lowest BCUT2D eigenvalue weighted by molar-refractivity contribution is 0.122. The molecule has 0 aliphatic heterocycles. The minimum atomic E-state index is -3.59. The summed E-state index contributed by atoms with van der Waals surface area (Å²) in [6.45, 7) is 1.94. The smallest absolute Gasteiger partial charge is 0.243 e. The Labute approximate surface area is 94.1 Å². The van der Waals surface area contributed by atoms with E-state index in [-0.39, 0.29) is 23.5 Å². The Kier molecular flexibility index (Phi) is 4.16. The van der Waals surface area contributed by atoms with Gasteiger partial charge in [-0.3, -0.25) is 0 Å². The monoisotopic (exact) mass is 246 g/mol. The molecular formula is C8H14N4O3S. The molecule has 0 aromatic carbocycles. The van der Waals surface area contributed by atoms with Gasteiger partial charge in [-0.1, -0.05) is 0 Å². The fraction of sp³-hybridized carbons (Fsp3) is 0.500. The number of nitrogens with one attached hydrogen (secondary N) is 1. The average molecular weight is 246 g/mol. The van der Waals surface area contributed by atoms with Crippen LogP contribution in [-0.4, -0.2) is 38.1 Å². The molecule has 1 rings (SSSR count). The normalized spacial score (nSPS) is 13.6. The number of anilines is 1. The molecule has 0 aliphatic carbocycles. The summed E-state index contributed by atoms with van der Waals surface area (Å²) in [5.74, 6) is 0.0317. The molecule has 0 radical (unpaired) electrons. The number of ether oxygens (including phenoxy) is 1. The van der Waals surface area contributed by atoms with Crippen LogP contribution in [0.1, 0.15) is 6.92 Å². The zero-order chi connectivity index (χ0) is 12.2. The molecule has 1 unspecified atom stereocenters. The number of nitrogen functional groups attached to an aromatic ring is 1. The Morgan fingerprint density at radius 2 is 2.06 bits per heavy atom. The first-order valence-corrected chi connectivity index (χ1v) is 6.04. The highest BCUT2D eigenvalue weighted by molar-refractivity contribution is 7.89. The maximum Gasteiger partial charge on any atom is 0.243 e. The highest BCUT2D eigenvalue weighted by atomic mass is 32.2. The van der Waals surface area contributed by atoms with Crippen molar-refractivity contribution in [2.75, 3.05) is 19.4 Å². The van der Waals surface area contributed by atoms with Crippen LogP contribution in [0.5, 0.6) is 0 Å². The number of hydrogen-bond acceptors (Lipinski definition) is 6. The zero-order valence-electron chi connectivity index (χ0n) is 9.04. The summed E-state index contributed by atoms with van der Waals surface area (Å²) in [6.07, 6.45) is 2.11. The summed E-state index contributed by atoms with van der Waals surface area (Å²) in [4.78, 5) is 7.19. The van der Waals surface area contributed by atoms with Gasteiger partial charge in [0.2, 0.25) is 16.0 Å². The van der Waals surface area contributed by atoms with Crippen LogP contribution in [0, 0.1) is 0 Å². The lowest BCUT2D eigenvalue weighted by atomic mass is 10.4. The van der Waals surface area contributed by atoms with Crippen molar-refractivity contribution < 1.29 is 13.2 Å². The molecule has 0 saturated heterocycles. The van der Waals surface area contributed by atoms with Crippen molar-refractivity contribution in [3.8, 4) is 0 Å². The Morgan fingerprint density at radius 3 is 2.56 bits per heavy atom. The van der Waals surface area contributed by atoms with Crippen molar-refractivity contribution in [3.05, 3.63) is 12.4 Å². The molecule has 0 saturated carbocycles. The highest BCUT2D eigenvalue weighted by Crippen LogP contribution is 2.05. The number of nitrogens with zero attached hydrogens (tertiary/aromatic N) is 2. The van der Waals surface area contributed by atoms with E-state index in [1.54, 1.807) is 6.92 Å². The summed E-state index contributed by atoms with van der Waals surface area (Å²) in [6, 6.07) is 0. The largest absolute Gasteiger partial charge is 0.380 e. The van der Waals surface area contributed by atoms with E-state index in [9.17, 15) is 8.42 Å². The highest BCUT2D eigenvalue weighted by Gasteiger charge is 2.15. The maximum absolute atomic E-state index is 11.7. The van der Waals surface area contributed by atoms with E-state index < -0.39 is 10.0 Å². The molecule has 8 heteroatoms. The minimum absolute atomic E-state index is 0.0231. The molecule has 1 aromatic rings. The first-order valence-electron chi connectivity index (χ1n) is 4.55. The average Bonchev–Trinajstić information content (AvgIpc) is 2.26. The van der Waals surface area contributed by atoms with Gasteiger partial charge in [-0.15, -0.1) is 0 Å². The van der Waals surface area contributed by atoms with Gasteiger partial charge in [-0.25, -0.2) is 23.1 Å². The van der Waals surface area contributed by atoms with Gasteiger partial charge in [0, 0.05) is 13.7 Å². The summed E-state index contributed by atoms with van der Waals surface area (Å²) in [5, 5.41) is 0. The van der Waals surface area contributed by atoms with Crippen molar-refractivity contribution in [1.82, 2.24) is 14.7 Å². The number of aromatic nitrogens is 2. The first-order chi connectivity index (χ1) is 7.45. The quantitative estimate of drug-likeness (QED) is 0.716. The molecule has 0 spiro atoms. The summed E-state index contributed by atoms with van der Waals surface area (Å²) < 4.78 is 30.6. The van der Waals surface area contributed by atoms with Crippen molar-refractivity contribution in [2.24, 2.45) is 0 Å². The van der Waals surface area contributed by atoms with Crippen LogP contribution in [0.15, 0.2) is 17.3 Å². The summed E-state index contributed by atoms with van der Waals surface area (Å²) in [7, 11) is -2.09. The molecule has 0 bridgehead atoms. The van der Waals surface area contributed by atoms with Crippen molar-refractivity contribution in [2.45, 2.75) is 17.9 Å². The van der Waals surface area contributed by atoms with Gasteiger partial charge in [0.15, 0.2) is 0 Å². The van der Waals surface area contributed by atoms with E-state index in [1.807, 2.05) is 0 Å². The van der Waals surface area contributed by atoms with Gasteiger partial charge in [0.1, 0.15) is 4.90 Å². The van der Waals surface area contributed by atoms with E-state index in [2.05, 4.69) is 14.7 Å². The van der Waals surface area contributed by atoms with Gasteiger partial charge < -0.3 is 10.5 Å². The van der Waals surface area contributed by atoms with Crippen LogP contribution in [0.4, 0.5) is 5.95 Å². The van der Waals surface area contributed by atoms with E-state index in [4.69, 9.17) is 10.5 Å². The molecule has 1 atom stereocenters. The van der Waals surface area contributed by atoms with Gasteiger partial charge >= 0.3 is 0 Å². The standard InChI is InChI=1S/C8H14N4O3S/c1-6(15-2)3-12-16(13,14)7-4-10-8(9)11-5-7/h4-6,12H,3H2,1-2H3,(H2,9,10,11). The maximum atomic E-state index is 11.7. The van der Waals surface area contributed by atoms with E-state index >= 15 is 0 Å². The van der Waals surface area contributed by atoms with Crippen LogP contribution < -0.4 is 10.5 Å². The van der Waals surface area contributed by atoms with E-state index in [1.165, 1.54) is 7.11 Å². The number of methoxy groups -OCH3 is 1. The second-order valence-electron chi connectivity index (χ2n) is 3.18. The van der Waals surface area contributed by atoms with E-state index in [0.29, 0.717) is 0 Å². The number of sulfonamides is 1. The predicted molar refractivity (Wildman–Crippen MR) is 58.1 cm³/mol. The van der Waals surface area contributed by atoms with Gasteiger partial charge in [0.25, 0.3) is 0 Å². The molecule has 16 heavy (non-hydrogen) atoms. The number of rotatable bonds is 5. The van der Waals surface area contributed by atoms with Gasteiger partial charge in [0.05, 0.1) is 18.5 Å². The van der Waals surface area contributed by atoms with Gasteiger partial charge in [-0.05, 0) is 6.92 Å². The molecule has 90 valence electrons. The molecule has 3 N–H and O–H groups in total. The molecule has 0 aliphatic rings. The third-order valence-electron chi connectivity index (χ3n) is 1.92. The zero-order valence-corrected chi connectivity index (χ0v) is 9.86. The van der Waals surface area contributed by atoms with Crippen molar-refractivity contribution in [1.29, 1.82) is 0 Å². The first kappa shape index (κ1) is 12.8. The lowest BCUT2D eigenvalue weighted by Gasteiger charge is -2.10. The van der Waals surface area contributed by atoms with Crippen molar-refractivity contribution in [3.63, 3.8) is 0 Å². The Hall–Kier alpha value is -1.25. The van der Waals surface area contributed by atoms with Crippen LogP contribution >= 0.6 is 0 Å². The topological polar surface area (TPSA) is 107 Å². The Morgan fingerprint density at radius 1 is 1.50 bits per heavy atom. The summed E-state index contributed by atoms with van der Waals surface area (Å²) >= 11 is 0. The third kappa shape index (κ3) is 3.40. The number of hydrogen-bond donors (Lipinski definition) is 2. The minimum Gasteiger partial charge on any atom is -0.380 e. The lowest BCUT2D eigenvalue weighted by Crippen LogP contribution is -2.31. The molecule has 1 aromatic heterocycles. The molecule has 1 heterocycles. The molecule has 0 amide bonds. The second-order valence-corrected chi connectivity index (χ2v) is 4.94. The Balaban J connectivity index is 2.74. The summed E-state index contributed by atoms with van der Waals surface area (Å²) in [5.41, 5.74) is 5.26. The van der Waals surface area contributed by atoms with Crippen LogP contribution in [0.2, 0.25) is 0 Å². The molecule has 0 fully saturated rings. The third-order valence-corrected chi connectivity index (χ3v) is 3.30. The SMILES string of the molecule is COC(C)CNS(=O)(=O)c1cnc(N)nc1. The van der Waals surface area contributed by atoms with Crippen LogP contribution in [0.25, 0.3) is 0 Å². The fourth-order valence-corrected chi connectivity index (χ4v) is 1.86. The number of nitrogens with two attached hydrogens (primary N) is 1. The fourth-order valence-electron chi connectivity index (χ4n) is 0.859. The second kappa shape index (κ2) is 5.19. The van der Waals surface area contributed by atoms with E-state index in [0.717, 1.165) is 12.4 Å². The predicted octanol–water partition coefficient (Wildman–Crippen LogP) is -0.628. The van der Waals surface area contributed by atoms with Crippen LogP contribution in [-0.2, 0) is 14.8 Å². The van der Waals surface area contributed by atoms with Crippen LogP contribution in [0.3, 0.4) is 0 Å². The Bertz CT molecular complexity index is 431. The molecular weight excluding hydrogens is 232 g/mol. The molecule has 7 nitrogen and oxygen atoms in total. The van der Waals surface area contributed by atoms with Crippen molar-refractivity contribution >= 4 is 16.0 Å². The van der Waals surface area contributed by atoms with Gasteiger partial charge in [-0.2, -0.15) is 0 Å².